The molecule has 0 saturated heterocycles. The molecule has 0 aliphatic carbocycles. The van der Waals surface area contributed by atoms with Gasteiger partial charge in [-0.25, -0.2) is 0 Å². The van der Waals surface area contributed by atoms with Gasteiger partial charge in [-0.1, -0.05) is 35.0 Å². The number of hydrogen-bond acceptors (Lipinski definition) is 3. The zero-order valence-electron chi connectivity index (χ0n) is 12.2. The Kier molecular flexibility index (Phi) is 5.65. The van der Waals surface area contributed by atoms with E-state index in [-0.39, 0.29) is 18.6 Å². The van der Waals surface area contributed by atoms with E-state index < -0.39 is 0 Å². The molecule has 4 heteroatoms. The SMILES string of the molecule is COc1ccc(N[C@H](c2ccc(Br)cc2)[C@H](C)CO)cc1. The van der Waals surface area contributed by atoms with Gasteiger partial charge in [0.1, 0.15) is 5.75 Å². The van der Waals surface area contributed by atoms with E-state index in [1.807, 2.05) is 43.3 Å². The van der Waals surface area contributed by atoms with Gasteiger partial charge in [-0.3, -0.25) is 0 Å². The minimum atomic E-state index is 0.0523. The summed E-state index contributed by atoms with van der Waals surface area (Å²) in [5.74, 6) is 0.934. The third kappa shape index (κ3) is 4.22. The lowest BCUT2D eigenvalue weighted by molar-refractivity contribution is 0.222. The van der Waals surface area contributed by atoms with E-state index in [9.17, 15) is 5.11 Å². The van der Waals surface area contributed by atoms with Crippen molar-refractivity contribution in [1.82, 2.24) is 0 Å². The van der Waals surface area contributed by atoms with Crippen LogP contribution >= 0.6 is 15.9 Å². The second kappa shape index (κ2) is 7.48. The first-order chi connectivity index (χ1) is 10.1. The van der Waals surface area contributed by atoms with Crippen molar-refractivity contribution in [2.45, 2.75) is 13.0 Å². The third-order valence-corrected chi connectivity index (χ3v) is 4.03. The second-order valence-electron chi connectivity index (χ2n) is 5.06. The minimum Gasteiger partial charge on any atom is -0.497 e. The second-order valence-corrected chi connectivity index (χ2v) is 5.98. The molecular formula is C17H20BrNO2. The summed E-state index contributed by atoms with van der Waals surface area (Å²) < 4.78 is 6.21. The molecule has 2 atom stereocenters. The maximum Gasteiger partial charge on any atom is 0.119 e. The average molecular weight is 350 g/mol. The van der Waals surface area contributed by atoms with Gasteiger partial charge in [0.15, 0.2) is 0 Å². The van der Waals surface area contributed by atoms with E-state index >= 15 is 0 Å². The lowest BCUT2D eigenvalue weighted by Crippen LogP contribution is -2.21. The Balaban J connectivity index is 2.21. The van der Waals surface area contributed by atoms with Crippen molar-refractivity contribution in [2.24, 2.45) is 5.92 Å². The molecule has 2 N–H and O–H groups in total. The van der Waals surface area contributed by atoms with Crippen molar-refractivity contribution in [3.63, 3.8) is 0 Å². The Morgan fingerprint density at radius 1 is 1.10 bits per heavy atom. The van der Waals surface area contributed by atoms with Crippen molar-refractivity contribution < 1.29 is 9.84 Å². The summed E-state index contributed by atoms with van der Waals surface area (Å²) >= 11 is 3.45. The molecule has 0 heterocycles. The lowest BCUT2D eigenvalue weighted by atomic mass is 9.95. The normalized spacial score (nSPS) is 13.5. The highest BCUT2D eigenvalue weighted by Crippen LogP contribution is 2.28. The number of hydrogen-bond donors (Lipinski definition) is 2. The van der Waals surface area contributed by atoms with Crippen LogP contribution in [0.3, 0.4) is 0 Å². The van der Waals surface area contributed by atoms with Gasteiger partial charge in [0.25, 0.3) is 0 Å². The van der Waals surface area contributed by atoms with E-state index in [1.54, 1.807) is 7.11 Å². The van der Waals surface area contributed by atoms with E-state index in [4.69, 9.17) is 4.74 Å². The topological polar surface area (TPSA) is 41.5 Å². The van der Waals surface area contributed by atoms with Gasteiger partial charge in [-0.15, -0.1) is 0 Å². The molecule has 0 bridgehead atoms. The molecule has 21 heavy (non-hydrogen) atoms. The molecular weight excluding hydrogens is 330 g/mol. The van der Waals surface area contributed by atoms with Gasteiger partial charge in [-0.05, 0) is 42.0 Å². The molecule has 0 aliphatic rings. The molecule has 2 rings (SSSR count). The Bertz CT molecular complexity index is 554. The Labute approximate surface area is 134 Å². The van der Waals surface area contributed by atoms with E-state index in [0.717, 1.165) is 21.5 Å². The smallest absolute Gasteiger partial charge is 0.119 e. The van der Waals surface area contributed by atoms with Crippen LogP contribution < -0.4 is 10.1 Å². The number of aliphatic hydroxyl groups is 1. The van der Waals surface area contributed by atoms with Gasteiger partial charge in [-0.2, -0.15) is 0 Å². The third-order valence-electron chi connectivity index (χ3n) is 3.50. The fraction of sp³-hybridized carbons (Fsp3) is 0.294. The zero-order chi connectivity index (χ0) is 15.2. The van der Waals surface area contributed by atoms with Crippen LogP contribution in [0.4, 0.5) is 5.69 Å². The van der Waals surface area contributed by atoms with E-state index in [1.165, 1.54) is 0 Å². The maximum absolute atomic E-state index is 9.51. The van der Waals surface area contributed by atoms with Crippen LogP contribution in [0, 0.1) is 5.92 Å². The van der Waals surface area contributed by atoms with E-state index in [0.29, 0.717) is 0 Å². The summed E-state index contributed by atoms with van der Waals surface area (Å²) in [4.78, 5) is 0. The minimum absolute atomic E-state index is 0.0523. The molecule has 0 saturated carbocycles. The highest BCUT2D eigenvalue weighted by molar-refractivity contribution is 9.10. The Morgan fingerprint density at radius 3 is 2.24 bits per heavy atom. The van der Waals surface area contributed by atoms with Crippen molar-refractivity contribution in [3.05, 3.63) is 58.6 Å². The van der Waals surface area contributed by atoms with Crippen molar-refractivity contribution in [2.75, 3.05) is 19.0 Å². The van der Waals surface area contributed by atoms with Crippen LogP contribution in [0.25, 0.3) is 0 Å². The van der Waals surface area contributed by atoms with Crippen LogP contribution in [0.2, 0.25) is 0 Å². The molecule has 3 nitrogen and oxygen atoms in total. The molecule has 0 unspecified atom stereocenters. The van der Waals surface area contributed by atoms with Crippen molar-refractivity contribution >= 4 is 21.6 Å². The largest absolute Gasteiger partial charge is 0.497 e. The number of benzene rings is 2. The predicted molar refractivity (Wildman–Crippen MR) is 89.7 cm³/mol. The average Bonchev–Trinajstić information content (AvgIpc) is 2.53. The fourth-order valence-electron chi connectivity index (χ4n) is 2.20. The van der Waals surface area contributed by atoms with Crippen LogP contribution in [0.5, 0.6) is 5.75 Å². The van der Waals surface area contributed by atoms with Crippen LogP contribution in [0.15, 0.2) is 53.0 Å². The van der Waals surface area contributed by atoms with Gasteiger partial charge < -0.3 is 15.2 Å². The van der Waals surface area contributed by atoms with Crippen LogP contribution in [-0.4, -0.2) is 18.8 Å². The van der Waals surface area contributed by atoms with Crippen molar-refractivity contribution in [1.29, 1.82) is 0 Å². The number of ether oxygens (including phenoxy) is 1. The summed E-state index contributed by atoms with van der Waals surface area (Å²) in [5, 5.41) is 13.0. The predicted octanol–water partition coefficient (Wildman–Crippen LogP) is 4.24. The Hall–Kier alpha value is -1.52. The van der Waals surface area contributed by atoms with E-state index in [2.05, 4.69) is 33.4 Å². The summed E-state index contributed by atoms with van der Waals surface area (Å²) in [6.45, 7) is 2.16. The molecule has 0 fully saturated rings. The number of rotatable bonds is 6. The number of halogens is 1. The molecule has 112 valence electrons. The maximum atomic E-state index is 9.51. The first-order valence-corrected chi connectivity index (χ1v) is 7.70. The summed E-state index contributed by atoms with van der Waals surface area (Å²) in [6.07, 6.45) is 0. The zero-order valence-corrected chi connectivity index (χ0v) is 13.8. The van der Waals surface area contributed by atoms with Crippen LogP contribution in [-0.2, 0) is 0 Å². The van der Waals surface area contributed by atoms with Gasteiger partial charge in [0.05, 0.1) is 13.2 Å². The standard InChI is InChI=1S/C17H20BrNO2/c1-12(11-20)17(13-3-5-14(18)6-4-13)19-15-7-9-16(21-2)10-8-15/h3-10,12,17,19-20H,11H2,1-2H3/t12-,17+/m1/s1. The van der Waals surface area contributed by atoms with Gasteiger partial charge >= 0.3 is 0 Å². The monoisotopic (exact) mass is 349 g/mol. The number of anilines is 1. The number of aliphatic hydroxyl groups excluding tert-OH is 1. The summed E-state index contributed by atoms with van der Waals surface area (Å²) in [5.41, 5.74) is 2.15. The molecule has 0 radical (unpaired) electrons. The first-order valence-electron chi connectivity index (χ1n) is 6.91. The highest BCUT2D eigenvalue weighted by atomic mass is 79.9. The molecule has 2 aromatic carbocycles. The van der Waals surface area contributed by atoms with Crippen LogP contribution in [0.1, 0.15) is 18.5 Å². The molecule has 0 amide bonds. The first kappa shape index (κ1) is 15.9. The fourth-order valence-corrected chi connectivity index (χ4v) is 2.46. The molecule has 2 aromatic rings. The summed E-state index contributed by atoms with van der Waals surface area (Å²) in [6, 6.07) is 16.0. The lowest BCUT2D eigenvalue weighted by Gasteiger charge is -2.25. The van der Waals surface area contributed by atoms with Gasteiger partial charge in [0.2, 0.25) is 0 Å². The Morgan fingerprint density at radius 2 is 1.71 bits per heavy atom. The molecule has 0 aromatic heterocycles. The highest BCUT2D eigenvalue weighted by Gasteiger charge is 2.18. The van der Waals surface area contributed by atoms with Gasteiger partial charge in [0, 0.05) is 22.7 Å². The molecule has 0 spiro atoms. The van der Waals surface area contributed by atoms with Crippen molar-refractivity contribution in [3.8, 4) is 5.75 Å². The number of nitrogens with one attached hydrogen (secondary N) is 1. The molecule has 0 aliphatic heterocycles. The number of methoxy groups -OCH3 is 1. The quantitative estimate of drug-likeness (QED) is 0.819. The summed E-state index contributed by atoms with van der Waals surface area (Å²) in [7, 11) is 1.65.